The van der Waals surface area contributed by atoms with E-state index in [1.54, 1.807) is 18.2 Å². The van der Waals surface area contributed by atoms with Crippen LogP contribution in [0.2, 0.25) is 0 Å². The molecule has 0 spiro atoms. The van der Waals surface area contributed by atoms with Gasteiger partial charge in [0.15, 0.2) is 4.32 Å². The monoisotopic (exact) mass is 372 g/mol. The SMILES string of the molecule is O=C(O)c1cc(N2C(=O)/C(=C/c3ccc(O)cc3)SC2=S)ccc1[O-]. The van der Waals surface area contributed by atoms with Gasteiger partial charge in [-0.25, -0.2) is 4.79 Å². The van der Waals surface area contributed by atoms with Gasteiger partial charge in [-0.2, -0.15) is 0 Å². The number of phenols is 1. The Labute approximate surface area is 152 Å². The van der Waals surface area contributed by atoms with Gasteiger partial charge in [0.2, 0.25) is 0 Å². The third kappa shape index (κ3) is 3.35. The molecule has 0 unspecified atom stereocenters. The fourth-order valence-electron chi connectivity index (χ4n) is 2.24. The zero-order valence-electron chi connectivity index (χ0n) is 12.5. The van der Waals surface area contributed by atoms with Crippen molar-refractivity contribution in [2.75, 3.05) is 4.90 Å². The van der Waals surface area contributed by atoms with Crippen LogP contribution >= 0.6 is 24.0 Å². The van der Waals surface area contributed by atoms with Crippen LogP contribution in [-0.2, 0) is 4.79 Å². The molecule has 2 aromatic rings. The van der Waals surface area contributed by atoms with Crippen molar-refractivity contribution in [3.8, 4) is 11.5 Å². The number of thiocarbonyl (C=S) groups is 1. The van der Waals surface area contributed by atoms with Crippen molar-refractivity contribution in [2.24, 2.45) is 0 Å². The molecule has 1 heterocycles. The molecular formula is C17H10NO5S2-. The van der Waals surface area contributed by atoms with Crippen molar-refractivity contribution < 1.29 is 24.9 Å². The Bertz CT molecular complexity index is 921. The zero-order chi connectivity index (χ0) is 18.1. The van der Waals surface area contributed by atoms with Gasteiger partial charge < -0.3 is 15.3 Å². The van der Waals surface area contributed by atoms with Crippen LogP contribution in [0.25, 0.3) is 6.08 Å². The van der Waals surface area contributed by atoms with E-state index in [-0.39, 0.29) is 15.8 Å². The van der Waals surface area contributed by atoms with E-state index < -0.39 is 23.2 Å². The molecule has 2 aromatic carbocycles. The summed E-state index contributed by atoms with van der Waals surface area (Å²) in [6.07, 6.45) is 1.62. The lowest BCUT2D eigenvalue weighted by atomic mass is 10.1. The Morgan fingerprint density at radius 1 is 1.20 bits per heavy atom. The number of carboxylic acids is 1. The number of anilines is 1. The van der Waals surface area contributed by atoms with E-state index in [0.29, 0.717) is 10.5 Å². The molecule has 126 valence electrons. The Balaban J connectivity index is 1.95. The maximum atomic E-state index is 12.6. The number of rotatable bonds is 3. The maximum absolute atomic E-state index is 12.6. The minimum absolute atomic E-state index is 0.114. The fourth-order valence-corrected chi connectivity index (χ4v) is 3.54. The summed E-state index contributed by atoms with van der Waals surface area (Å²) in [4.78, 5) is 25.3. The van der Waals surface area contributed by atoms with Crippen molar-refractivity contribution >= 4 is 51.9 Å². The maximum Gasteiger partial charge on any atom is 0.335 e. The fraction of sp³-hybridized carbons (Fsp3) is 0. The summed E-state index contributed by atoms with van der Waals surface area (Å²) in [5, 5.41) is 29.9. The predicted octanol–water partition coefficient (Wildman–Crippen LogP) is 2.57. The molecule has 0 radical (unpaired) electrons. The highest BCUT2D eigenvalue weighted by molar-refractivity contribution is 8.27. The molecule has 3 rings (SSSR count). The third-order valence-corrected chi connectivity index (χ3v) is 4.74. The summed E-state index contributed by atoms with van der Waals surface area (Å²) in [6, 6.07) is 9.90. The summed E-state index contributed by atoms with van der Waals surface area (Å²) in [5.41, 5.74) is 0.516. The first-order valence-corrected chi connectivity index (χ1v) is 8.20. The number of benzene rings is 2. The van der Waals surface area contributed by atoms with E-state index >= 15 is 0 Å². The molecule has 1 aliphatic rings. The summed E-state index contributed by atoms with van der Waals surface area (Å²) < 4.78 is 0.241. The molecule has 1 aliphatic heterocycles. The zero-order valence-corrected chi connectivity index (χ0v) is 14.1. The number of carboxylic acid groups (broad SMARTS) is 1. The molecule has 0 saturated carbocycles. The molecule has 25 heavy (non-hydrogen) atoms. The molecule has 8 heteroatoms. The largest absolute Gasteiger partial charge is 0.872 e. The van der Waals surface area contributed by atoms with Gasteiger partial charge in [0.05, 0.1) is 16.2 Å². The number of amides is 1. The topological polar surface area (TPSA) is 101 Å². The molecule has 0 aliphatic carbocycles. The van der Waals surface area contributed by atoms with Gasteiger partial charge in [-0.05, 0) is 35.9 Å². The summed E-state index contributed by atoms with van der Waals surface area (Å²) in [7, 11) is 0. The second kappa shape index (κ2) is 6.58. The summed E-state index contributed by atoms with van der Waals surface area (Å²) >= 11 is 6.29. The smallest absolute Gasteiger partial charge is 0.335 e. The first-order valence-electron chi connectivity index (χ1n) is 6.98. The van der Waals surface area contributed by atoms with Gasteiger partial charge in [0.25, 0.3) is 5.91 Å². The van der Waals surface area contributed by atoms with Crippen LogP contribution in [0.4, 0.5) is 5.69 Å². The number of carbonyl (C=O) groups is 2. The highest BCUT2D eigenvalue weighted by Gasteiger charge is 2.33. The molecular weight excluding hydrogens is 362 g/mol. The third-order valence-electron chi connectivity index (χ3n) is 3.44. The normalized spacial score (nSPS) is 15.8. The van der Waals surface area contributed by atoms with E-state index in [1.807, 2.05) is 0 Å². The highest BCUT2D eigenvalue weighted by Crippen LogP contribution is 2.37. The standard InChI is InChI=1S/C17H11NO5S2/c19-11-4-1-9(2-5-11)7-14-15(21)18(17(24)25-14)10-3-6-13(20)12(8-10)16(22)23/h1-8,19-20H,(H,22,23)/p-1/b14-7-. The van der Waals surface area contributed by atoms with E-state index in [4.69, 9.17) is 17.3 Å². The van der Waals surface area contributed by atoms with Crippen molar-refractivity contribution in [3.63, 3.8) is 0 Å². The number of hydrogen-bond acceptors (Lipinski definition) is 6. The van der Waals surface area contributed by atoms with E-state index in [1.165, 1.54) is 23.1 Å². The van der Waals surface area contributed by atoms with Crippen LogP contribution in [0.1, 0.15) is 15.9 Å². The molecule has 0 bridgehead atoms. The Morgan fingerprint density at radius 2 is 1.88 bits per heavy atom. The van der Waals surface area contributed by atoms with Crippen LogP contribution in [0.3, 0.4) is 0 Å². The van der Waals surface area contributed by atoms with Crippen LogP contribution in [0.15, 0.2) is 47.4 Å². The first kappa shape index (κ1) is 17.0. The Hall–Kier alpha value is -2.84. The van der Waals surface area contributed by atoms with Crippen LogP contribution < -0.4 is 10.0 Å². The van der Waals surface area contributed by atoms with Crippen molar-refractivity contribution in [1.82, 2.24) is 0 Å². The van der Waals surface area contributed by atoms with Crippen molar-refractivity contribution in [3.05, 3.63) is 58.5 Å². The lowest BCUT2D eigenvalue weighted by molar-refractivity contribution is -0.268. The second-order valence-electron chi connectivity index (χ2n) is 5.09. The van der Waals surface area contributed by atoms with Crippen molar-refractivity contribution in [2.45, 2.75) is 0 Å². The average molecular weight is 372 g/mol. The number of aromatic carboxylic acids is 1. The molecule has 1 fully saturated rings. The van der Waals surface area contributed by atoms with Crippen LogP contribution in [0, 0.1) is 0 Å². The van der Waals surface area contributed by atoms with Gasteiger partial charge in [0, 0.05) is 0 Å². The van der Waals surface area contributed by atoms with Crippen LogP contribution in [0.5, 0.6) is 11.5 Å². The molecule has 0 atom stereocenters. The van der Waals surface area contributed by atoms with Gasteiger partial charge in [-0.1, -0.05) is 47.9 Å². The molecule has 1 amide bonds. The minimum Gasteiger partial charge on any atom is -0.872 e. The van der Waals surface area contributed by atoms with Gasteiger partial charge in [0.1, 0.15) is 5.75 Å². The second-order valence-corrected chi connectivity index (χ2v) is 6.77. The van der Waals surface area contributed by atoms with Gasteiger partial charge in [-0.15, -0.1) is 0 Å². The first-order chi connectivity index (χ1) is 11.9. The summed E-state index contributed by atoms with van der Waals surface area (Å²) in [6.45, 7) is 0. The number of thioether (sulfide) groups is 1. The van der Waals surface area contributed by atoms with Gasteiger partial charge >= 0.3 is 5.97 Å². The lowest BCUT2D eigenvalue weighted by Crippen LogP contribution is -2.27. The quantitative estimate of drug-likeness (QED) is 0.631. The molecule has 0 aromatic heterocycles. The average Bonchev–Trinajstić information content (AvgIpc) is 2.84. The number of phenolic OH excluding ortho intramolecular Hbond substituents is 1. The highest BCUT2D eigenvalue weighted by atomic mass is 32.2. The van der Waals surface area contributed by atoms with Crippen molar-refractivity contribution in [1.29, 1.82) is 0 Å². The van der Waals surface area contributed by atoms with Crippen LogP contribution in [-0.4, -0.2) is 26.4 Å². The number of nitrogens with zero attached hydrogens (tertiary/aromatic N) is 1. The molecule has 1 saturated heterocycles. The number of carbonyl (C=O) groups excluding carboxylic acids is 1. The molecule has 6 nitrogen and oxygen atoms in total. The summed E-state index contributed by atoms with van der Waals surface area (Å²) in [5.74, 6) is -2.29. The van der Waals surface area contributed by atoms with Gasteiger partial charge in [-0.3, -0.25) is 9.69 Å². The number of hydrogen-bond donors (Lipinski definition) is 2. The van der Waals surface area contributed by atoms with E-state index in [0.717, 1.165) is 23.9 Å². The molecule has 2 N–H and O–H groups in total. The van der Waals surface area contributed by atoms with E-state index in [2.05, 4.69) is 0 Å². The Morgan fingerprint density at radius 3 is 2.52 bits per heavy atom. The lowest BCUT2D eigenvalue weighted by Gasteiger charge is -2.18. The minimum atomic E-state index is -1.36. The van der Waals surface area contributed by atoms with E-state index in [9.17, 15) is 19.8 Å². The number of aromatic hydroxyl groups is 1. The Kier molecular flexibility index (Phi) is 4.47. The predicted molar refractivity (Wildman–Crippen MR) is 96.6 cm³/mol.